The Hall–Kier alpha value is -2.54. The van der Waals surface area contributed by atoms with Crippen molar-refractivity contribution in [2.75, 3.05) is 13.2 Å². The zero-order valence-electron chi connectivity index (χ0n) is 15.8. The summed E-state index contributed by atoms with van der Waals surface area (Å²) in [6.45, 7) is 2.44. The molecule has 148 valence electrons. The van der Waals surface area contributed by atoms with Gasteiger partial charge in [0.2, 0.25) is 5.88 Å². The highest BCUT2D eigenvalue weighted by atomic mass is 19.1. The van der Waals surface area contributed by atoms with Crippen LogP contribution in [-0.2, 0) is 0 Å². The Morgan fingerprint density at radius 3 is 2.64 bits per heavy atom. The van der Waals surface area contributed by atoms with Gasteiger partial charge >= 0.3 is 0 Å². The lowest BCUT2D eigenvalue weighted by Gasteiger charge is -2.23. The summed E-state index contributed by atoms with van der Waals surface area (Å²) in [5.41, 5.74) is 0.238. The van der Waals surface area contributed by atoms with Gasteiger partial charge in [0.1, 0.15) is 17.2 Å². The number of hydrogen-bond acceptors (Lipinski definition) is 5. The van der Waals surface area contributed by atoms with Gasteiger partial charge in [0.05, 0.1) is 18.4 Å². The molecule has 2 aliphatic carbocycles. The summed E-state index contributed by atoms with van der Waals surface area (Å²) in [7, 11) is 0. The molecule has 6 nitrogen and oxygen atoms in total. The van der Waals surface area contributed by atoms with Crippen molar-refractivity contribution in [1.29, 1.82) is 0 Å². The summed E-state index contributed by atoms with van der Waals surface area (Å²) < 4.78 is 19.1. The van der Waals surface area contributed by atoms with Crippen LogP contribution in [-0.4, -0.2) is 39.7 Å². The van der Waals surface area contributed by atoms with Crippen molar-refractivity contribution in [3.63, 3.8) is 0 Å². The normalized spacial score (nSPS) is 18.4. The van der Waals surface area contributed by atoms with Gasteiger partial charge in [0.25, 0.3) is 5.91 Å². The standard InChI is InChI=1S/C21H24FN3O3/c1-21(27,15-6-7-15)12-24-19(26)17-10-23-20(28-11-13-2-3-13)18(25-17)14-4-8-16(22)9-5-14/h4-5,8-10,13,15,27H,2-3,6-7,11-12H2,1H3,(H,24,26)/t21-/m1/s1. The molecule has 2 fully saturated rings. The number of rotatable bonds is 8. The molecule has 2 aromatic rings. The van der Waals surface area contributed by atoms with Gasteiger partial charge in [0, 0.05) is 12.1 Å². The SMILES string of the molecule is C[C@@](O)(CNC(=O)c1cnc(OCC2CC2)c(-c2ccc(F)cc2)n1)C1CC1. The first kappa shape index (κ1) is 18.8. The Balaban J connectivity index is 1.54. The zero-order chi connectivity index (χ0) is 19.7. The monoisotopic (exact) mass is 385 g/mol. The third kappa shape index (κ3) is 4.47. The van der Waals surface area contributed by atoms with E-state index in [1.165, 1.54) is 18.3 Å². The molecule has 0 spiro atoms. The molecule has 0 saturated heterocycles. The van der Waals surface area contributed by atoms with E-state index in [9.17, 15) is 14.3 Å². The van der Waals surface area contributed by atoms with Gasteiger partial charge in [-0.2, -0.15) is 0 Å². The van der Waals surface area contributed by atoms with Crippen molar-refractivity contribution >= 4 is 5.91 Å². The van der Waals surface area contributed by atoms with E-state index in [-0.39, 0.29) is 24.0 Å². The Kier molecular flexibility index (Phi) is 5.02. The van der Waals surface area contributed by atoms with Gasteiger partial charge in [-0.25, -0.2) is 14.4 Å². The van der Waals surface area contributed by atoms with Crippen molar-refractivity contribution < 1.29 is 19.0 Å². The first-order valence-electron chi connectivity index (χ1n) is 9.69. The molecule has 1 amide bonds. The van der Waals surface area contributed by atoms with E-state index in [0.29, 0.717) is 29.7 Å². The molecular formula is C21H24FN3O3. The summed E-state index contributed by atoms with van der Waals surface area (Å²) in [5, 5.41) is 13.1. The van der Waals surface area contributed by atoms with Gasteiger partial charge in [-0.15, -0.1) is 0 Å². The molecule has 28 heavy (non-hydrogen) atoms. The van der Waals surface area contributed by atoms with E-state index < -0.39 is 11.5 Å². The molecule has 4 rings (SSSR count). The molecule has 7 heteroatoms. The fourth-order valence-corrected chi connectivity index (χ4v) is 3.07. The van der Waals surface area contributed by atoms with Crippen LogP contribution in [0.1, 0.15) is 43.1 Å². The fourth-order valence-electron chi connectivity index (χ4n) is 3.07. The first-order valence-corrected chi connectivity index (χ1v) is 9.69. The molecule has 2 N–H and O–H groups in total. The van der Waals surface area contributed by atoms with Crippen LogP contribution in [0.2, 0.25) is 0 Å². The third-order valence-electron chi connectivity index (χ3n) is 5.31. The highest BCUT2D eigenvalue weighted by molar-refractivity contribution is 5.92. The molecule has 1 atom stereocenters. The number of halogens is 1. The summed E-state index contributed by atoms with van der Waals surface area (Å²) in [5.74, 6) is 0.335. The number of carbonyl (C=O) groups is 1. The molecule has 1 aromatic carbocycles. The van der Waals surface area contributed by atoms with Gasteiger partial charge in [-0.05, 0) is 68.7 Å². The topological polar surface area (TPSA) is 84.3 Å². The molecule has 2 saturated carbocycles. The van der Waals surface area contributed by atoms with Gasteiger partial charge in [-0.1, -0.05) is 0 Å². The summed E-state index contributed by atoms with van der Waals surface area (Å²) in [6.07, 6.45) is 5.60. The maximum absolute atomic E-state index is 13.3. The average Bonchev–Trinajstić information content (AvgIpc) is 3.57. The number of aromatic nitrogens is 2. The Morgan fingerprint density at radius 1 is 1.29 bits per heavy atom. The number of amides is 1. The Labute approximate surface area is 163 Å². The van der Waals surface area contributed by atoms with Crippen LogP contribution < -0.4 is 10.1 Å². The van der Waals surface area contributed by atoms with Gasteiger partial charge < -0.3 is 15.2 Å². The number of carbonyl (C=O) groups excluding carboxylic acids is 1. The minimum atomic E-state index is -0.920. The summed E-state index contributed by atoms with van der Waals surface area (Å²) >= 11 is 0. The predicted molar refractivity (Wildman–Crippen MR) is 101 cm³/mol. The van der Waals surface area contributed by atoms with Crippen LogP contribution in [0.4, 0.5) is 4.39 Å². The number of ether oxygens (including phenoxy) is 1. The number of aliphatic hydroxyl groups is 1. The van der Waals surface area contributed by atoms with E-state index in [1.807, 2.05) is 0 Å². The lowest BCUT2D eigenvalue weighted by atomic mass is 10.0. The van der Waals surface area contributed by atoms with E-state index in [4.69, 9.17) is 4.74 Å². The van der Waals surface area contributed by atoms with Gasteiger partial charge in [-0.3, -0.25) is 4.79 Å². The largest absolute Gasteiger partial charge is 0.476 e. The second kappa shape index (κ2) is 7.47. The molecule has 0 bridgehead atoms. The predicted octanol–water partition coefficient (Wildman–Crippen LogP) is 2.96. The second-order valence-corrected chi connectivity index (χ2v) is 7.98. The van der Waals surface area contributed by atoms with Crippen LogP contribution in [0, 0.1) is 17.7 Å². The maximum Gasteiger partial charge on any atom is 0.271 e. The minimum absolute atomic E-state index is 0.129. The molecule has 0 radical (unpaired) electrons. The molecule has 0 unspecified atom stereocenters. The number of nitrogens with one attached hydrogen (secondary N) is 1. The quantitative estimate of drug-likeness (QED) is 0.730. The number of nitrogens with zero attached hydrogens (tertiary/aromatic N) is 2. The van der Waals surface area contributed by atoms with Crippen LogP contribution in [0.3, 0.4) is 0 Å². The second-order valence-electron chi connectivity index (χ2n) is 7.98. The highest BCUT2D eigenvalue weighted by Crippen LogP contribution is 2.39. The van der Waals surface area contributed by atoms with Crippen molar-refractivity contribution in [3.8, 4) is 17.1 Å². The Morgan fingerprint density at radius 2 is 2.00 bits per heavy atom. The van der Waals surface area contributed by atoms with Crippen LogP contribution in [0.25, 0.3) is 11.3 Å². The Bertz CT molecular complexity index is 862. The van der Waals surface area contributed by atoms with Crippen molar-refractivity contribution in [3.05, 3.63) is 42.0 Å². The highest BCUT2D eigenvalue weighted by Gasteiger charge is 2.40. The molecule has 1 heterocycles. The maximum atomic E-state index is 13.3. The fraction of sp³-hybridized carbons (Fsp3) is 0.476. The third-order valence-corrected chi connectivity index (χ3v) is 5.31. The van der Waals surface area contributed by atoms with Crippen molar-refractivity contribution in [2.45, 2.75) is 38.2 Å². The van der Waals surface area contributed by atoms with Crippen LogP contribution in [0.15, 0.2) is 30.5 Å². The van der Waals surface area contributed by atoms with Crippen molar-refractivity contribution in [2.24, 2.45) is 11.8 Å². The number of hydrogen-bond donors (Lipinski definition) is 2. The lowest BCUT2D eigenvalue weighted by Crippen LogP contribution is -2.42. The van der Waals surface area contributed by atoms with Crippen LogP contribution in [0.5, 0.6) is 5.88 Å². The smallest absolute Gasteiger partial charge is 0.271 e. The van der Waals surface area contributed by atoms with Crippen molar-refractivity contribution in [1.82, 2.24) is 15.3 Å². The summed E-state index contributed by atoms with van der Waals surface area (Å²) in [4.78, 5) is 21.3. The molecule has 2 aliphatic rings. The average molecular weight is 385 g/mol. The zero-order valence-corrected chi connectivity index (χ0v) is 15.8. The van der Waals surface area contributed by atoms with E-state index in [2.05, 4.69) is 15.3 Å². The minimum Gasteiger partial charge on any atom is -0.476 e. The molecule has 0 aliphatic heterocycles. The number of benzene rings is 1. The van der Waals surface area contributed by atoms with E-state index >= 15 is 0 Å². The molecular weight excluding hydrogens is 361 g/mol. The molecule has 1 aromatic heterocycles. The van der Waals surface area contributed by atoms with E-state index in [1.54, 1.807) is 19.1 Å². The van der Waals surface area contributed by atoms with E-state index in [0.717, 1.165) is 25.7 Å². The first-order chi connectivity index (χ1) is 13.4. The lowest BCUT2D eigenvalue weighted by molar-refractivity contribution is 0.0353. The van der Waals surface area contributed by atoms with Gasteiger partial charge in [0.15, 0.2) is 0 Å². The van der Waals surface area contributed by atoms with Crippen LogP contribution >= 0.6 is 0 Å². The summed E-state index contributed by atoms with van der Waals surface area (Å²) in [6, 6.07) is 5.84.